The molecule has 37 heavy (non-hydrogen) atoms. The van der Waals surface area contributed by atoms with Gasteiger partial charge in [-0.3, -0.25) is 9.10 Å². The number of hydrogen-bond acceptors (Lipinski definition) is 6. The van der Waals surface area contributed by atoms with Crippen molar-refractivity contribution in [2.45, 2.75) is 16.7 Å². The van der Waals surface area contributed by atoms with Crippen molar-refractivity contribution < 1.29 is 26.4 Å². The number of rotatable bonds is 11. The van der Waals surface area contributed by atoms with E-state index in [-0.39, 0.29) is 22.9 Å². The lowest BCUT2D eigenvalue weighted by molar-refractivity contribution is -0.119. The largest absolute Gasteiger partial charge is 0.492 e. The van der Waals surface area contributed by atoms with Crippen molar-refractivity contribution in [2.75, 3.05) is 38.1 Å². The van der Waals surface area contributed by atoms with Gasteiger partial charge in [-0.2, -0.15) is 0 Å². The summed E-state index contributed by atoms with van der Waals surface area (Å²) in [5.74, 6) is -0.0728. The average Bonchev–Trinajstić information content (AvgIpc) is 2.85. The van der Waals surface area contributed by atoms with Crippen LogP contribution in [0.1, 0.15) is 5.56 Å². The summed E-state index contributed by atoms with van der Waals surface area (Å²) < 4.78 is 59.5. The predicted octanol–water partition coefficient (Wildman–Crippen LogP) is 3.40. The van der Waals surface area contributed by atoms with Gasteiger partial charge in [-0.05, 0) is 61.5 Å². The highest BCUT2D eigenvalue weighted by Gasteiger charge is 2.27. The number of carbonyl (C=O) groups is 1. The number of hydrogen-bond donors (Lipinski definition) is 1. The van der Waals surface area contributed by atoms with E-state index in [9.17, 15) is 21.6 Å². The molecule has 0 saturated heterocycles. The molecule has 9 nitrogen and oxygen atoms in total. The average molecular weight is 611 g/mol. The van der Waals surface area contributed by atoms with Crippen LogP contribution >= 0.6 is 15.9 Å². The summed E-state index contributed by atoms with van der Waals surface area (Å²) in [5, 5.41) is 2.67. The van der Waals surface area contributed by atoms with Crippen LogP contribution in [-0.4, -0.2) is 60.8 Å². The smallest absolute Gasteiger partial charge is 0.264 e. The molecular formula is C25H28BrN3O6S2. The SMILES string of the molecule is Cc1ccc(S(=O)(=O)N(CC(=O)NCCOc2ccc(S(=O)(=O)N(C)C)cc2)c2cccc(Br)c2)cc1. The normalized spacial score (nSPS) is 11.8. The van der Waals surface area contributed by atoms with Crippen LogP contribution < -0.4 is 14.4 Å². The number of carbonyl (C=O) groups excluding carboxylic acids is 1. The van der Waals surface area contributed by atoms with E-state index in [4.69, 9.17) is 4.74 Å². The molecule has 0 aliphatic heterocycles. The first-order valence-corrected chi connectivity index (χ1v) is 14.9. The lowest BCUT2D eigenvalue weighted by atomic mass is 10.2. The van der Waals surface area contributed by atoms with Gasteiger partial charge in [-0.1, -0.05) is 39.7 Å². The Bertz CT molecular complexity index is 1440. The van der Waals surface area contributed by atoms with Gasteiger partial charge in [0.25, 0.3) is 10.0 Å². The third-order valence-electron chi connectivity index (χ3n) is 5.29. The van der Waals surface area contributed by atoms with Crippen LogP contribution in [0.15, 0.2) is 87.1 Å². The van der Waals surface area contributed by atoms with Gasteiger partial charge in [0.1, 0.15) is 18.9 Å². The van der Waals surface area contributed by atoms with Crippen LogP contribution in [-0.2, 0) is 24.8 Å². The summed E-state index contributed by atoms with van der Waals surface area (Å²) in [6, 6.07) is 19.1. The van der Waals surface area contributed by atoms with Crippen molar-refractivity contribution in [3.8, 4) is 5.75 Å². The molecule has 1 N–H and O–H groups in total. The molecule has 0 aliphatic rings. The number of anilines is 1. The Hall–Kier alpha value is -2.93. The van der Waals surface area contributed by atoms with Crippen molar-refractivity contribution in [1.82, 2.24) is 9.62 Å². The fraction of sp³-hybridized carbons (Fsp3) is 0.240. The Kier molecular flexibility index (Phi) is 9.35. The molecule has 0 saturated carbocycles. The summed E-state index contributed by atoms with van der Waals surface area (Å²) in [5.41, 5.74) is 1.26. The second kappa shape index (κ2) is 12.1. The minimum atomic E-state index is -4.01. The maximum atomic E-state index is 13.4. The van der Waals surface area contributed by atoms with Gasteiger partial charge >= 0.3 is 0 Å². The number of nitrogens with one attached hydrogen (secondary N) is 1. The number of amides is 1. The molecule has 198 valence electrons. The zero-order chi connectivity index (χ0) is 27.2. The van der Waals surface area contributed by atoms with E-state index in [0.29, 0.717) is 15.9 Å². The highest BCUT2D eigenvalue weighted by atomic mass is 79.9. The quantitative estimate of drug-likeness (QED) is 0.333. The fourth-order valence-corrected chi connectivity index (χ4v) is 5.95. The van der Waals surface area contributed by atoms with Crippen LogP contribution in [0.2, 0.25) is 0 Å². The van der Waals surface area contributed by atoms with Gasteiger partial charge in [0.05, 0.1) is 22.0 Å². The Morgan fingerprint density at radius 3 is 2.08 bits per heavy atom. The highest BCUT2D eigenvalue weighted by molar-refractivity contribution is 9.10. The zero-order valence-corrected chi connectivity index (χ0v) is 23.8. The summed E-state index contributed by atoms with van der Waals surface area (Å²) in [6.45, 7) is 1.66. The Morgan fingerprint density at radius 2 is 1.49 bits per heavy atom. The molecule has 12 heteroatoms. The van der Waals surface area contributed by atoms with Crippen LogP contribution in [0.4, 0.5) is 5.69 Å². The van der Waals surface area contributed by atoms with Crippen LogP contribution in [0.3, 0.4) is 0 Å². The van der Waals surface area contributed by atoms with Crippen molar-refractivity contribution >= 4 is 47.6 Å². The molecule has 0 fully saturated rings. The van der Waals surface area contributed by atoms with E-state index in [1.807, 2.05) is 6.92 Å². The van der Waals surface area contributed by atoms with E-state index in [0.717, 1.165) is 14.2 Å². The molecule has 0 radical (unpaired) electrons. The maximum absolute atomic E-state index is 13.4. The topological polar surface area (TPSA) is 113 Å². The Balaban J connectivity index is 1.64. The monoisotopic (exact) mass is 609 g/mol. The van der Waals surface area contributed by atoms with Crippen LogP contribution in [0, 0.1) is 6.92 Å². The van der Waals surface area contributed by atoms with E-state index >= 15 is 0 Å². The van der Waals surface area contributed by atoms with Crippen molar-refractivity contribution in [2.24, 2.45) is 0 Å². The molecule has 3 aromatic rings. The lowest BCUT2D eigenvalue weighted by Crippen LogP contribution is -2.41. The number of nitrogens with zero attached hydrogens (tertiary/aromatic N) is 2. The minimum Gasteiger partial charge on any atom is -0.492 e. The number of aryl methyl sites for hydroxylation is 1. The number of halogens is 1. The zero-order valence-electron chi connectivity index (χ0n) is 20.6. The summed E-state index contributed by atoms with van der Waals surface area (Å²) >= 11 is 3.35. The van der Waals surface area contributed by atoms with E-state index in [2.05, 4.69) is 21.2 Å². The molecule has 0 bridgehead atoms. The standard InChI is InChI=1S/C25H28BrN3O6S2/c1-19-7-11-24(12-8-19)37(33,34)29(21-6-4-5-20(26)17-21)18-25(30)27-15-16-35-22-9-13-23(14-10-22)36(31,32)28(2)3/h4-14,17H,15-16,18H2,1-3H3,(H,27,30). The summed E-state index contributed by atoms with van der Waals surface area (Å²) in [6.07, 6.45) is 0. The molecular weight excluding hydrogens is 582 g/mol. The Labute approximate surface area is 226 Å². The van der Waals surface area contributed by atoms with Crippen molar-refractivity contribution in [1.29, 1.82) is 0 Å². The highest BCUT2D eigenvalue weighted by Crippen LogP contribution is 2.26. The minimum absolute atomic E-state index is 0.0777. The first-order valence-electron chi connectivity index (χ1n) is 11.2. The fourth-order valence-electron chi connectivity index (χ4n) is 3.25. The van der Waals surface area contributed by atoms with Crippen molar-refractivity contribution in [3.05, 3.63) is 82.8 Å². The van der Waals surface area contributed by atoms with Gasteiger partial charge in [-0.25, -0.2) is 21.1 Å². The second-order valence-corrected chi connectivity index (χ2v) is 13.2. The summed E-state index contributed by atoms with van der Waals surface area (Å²) in [4.78, 5) is 12.9. The number of ether oxygens (including phenoxy) is 1. The third kappa shape index (κ3) is 7.31. The molecule has 0 unspecified atom stereocenters. The number of sulfonamides is 2. The first-order chi connectivity index (χ1) is 17.4. The first kappa shape index (κ1) is 28.6. The molecule has 3 aromatic carbocycles. The summed E-state index contributed by atoms with van der Waals surface area (Å²) in [7, 11) is -4.65. The number of benzene rings is 3. The molecule has 0 atom stereocenters. The van der Waals surface area contributed by atoms with Gasteiger partial charge in [-0.15, -0.1) is 0 Å². The van der Waals surface area contributed by atoms with Gasteiger partial charge in [0.2, 0.25) is 15.9 Å². The molecule has 0 aromatic heterocycles. The second-order valence-electron chi connectivity index (χ2n) is 8.26. The molecule has 0 spiro atoms. The van der Waals surface area contributed by atoms with E-state index < -0.39 is 32.5 Å². The van der Waals surface area contributed by atoms with Crippen molar-refractivity contribution in [3.63, 3.8) is 0 Å². The third-order valence-corrected chi connectivity index (χ3v) is 9.40. The van der Waals surface area contributed by atoms with Gasteiger partial charge in [0, 0.05) is 18.6 Å². The van der Waals surface area contributed by atoms with Gasteiger partial charge in [0.15, 0.2) is 0 Å². The Morgan fingerprint density at radius 1 is 0.892 bits per heavy atom. The molecule has 3 rings (SSSR count). The molecule has 0 aliphatic carbocycles. The predicted molar refractivity (Wildman–Crippen MR) is 146 cm³/mol. The van der Waals surface area contributed by atoms with E-state index in [1.54, 1.807) is 36.4 Å². The van der Waals surface area contributed by atoms with Gasteiger partial charge < -0.3 is 10.1 Å². The van der Waals surface area contributed by atoms with Crippen LogP contribution in [0.25, 0.3) is 0 Å². The molecule has 0 heterocycles. The van der Waals surface area contributed by atoms with Crippen LogP contribution in [0.5, 0.6) is 5.75 Å². The van der Waals surface area contributed by atoms with E-state index in [1.165, 1.54) is 50.5 Å². The lowest BCUT2D eigenvalue weighted by Gasteiger charge is -2.24. The maximum Gasteiger partial charge on any atom is 0.264 e. The molecule has 1 amide bonds.